The predicted molar refractivity (Wildman–Crippen MR) is 94.9 cm³/mol. The fourth-order valence-electron chi connectivity index (χ4n) is 2.84. The maximum atomic E-state index is 12.2. The summed E-state index contributed by atoms with van der Waals surface area (Å²) in [4.78, 5) is 20.3. The Hall–Kier alpha value is -1.66. The quantitative estimate of drug-likeness (QED) is 0.777. The molecule has 0 aromatic carbocycles. The van der Waals surface area contributed by atoms with Gasteiger partial charge < -0.3 is 19.9 Å². The first-order chi connectivity index (χ1) is 11.6. The van der Waals surface area contributed by atoms with Gasteiger partial charge in [-0.1, -0.05) is 0 Å². The third-order valence-corrected chi connectivity index (χ3v) is 4.71. The summed E-state index contributed by atoms with van der Waals surface area (Å²) < 4.78 is 5.89. The average Bonchev–Trinajstić information content (AvgIpc) is 2.62. The summed E-state index contributed by atoms with van der Waals surface area (Å²) in [5, 5.41) is 2.96. The van der Waals surface area contributed by atoms with Crippen LogP contribution in [0.4, 0.5) is 4.79 Å². The molecule has 134 valence electrons. The number of amides is 2. The fraction of sp³-hybridized carbons (Fsp3) is 0.667. The van der Waals surface area contributed by atoms with E-state index in [4.69, 9.17) is 4.74 Å². The first kappa shape index (κ1) is 18.7. The van der Waals surface area contributed by atoms with Crippen LogP contribution >= 0.6 is 0 Å². The molecule has 6 nitrogen and oxygen atoms in total. The Morgan fingerprint density at radius 3 is 2.75 bits per heavy atom. The Morgan fingerprint density at radius 2 is 2.08 bits per heavy atom. The van der Waals surface area contributed by atoms with Crippen molar-refractivity contribution in [3.8, 4) is 0 Å². The zero-order valence-corrected chi connectivity index (χ0v) is 15.1. The number of pyridine rings is 1. The van der Waals surface area contributed by atoms with Gasteiger partial charge in [-0.2, -0.15) is 0 Å². The van der Waals surface area contributed by atoms with Crippen LogP contribution in [0.3, 0.4) is 0 Å². The van der Waals surface area contributed by atoms with E-state index >= 15 is 0 Å². The van der Waals surface area contributed by atoms with Crippen LogP contribution in [-0.4, -0.2) is 67.3 Å². The predicted octanol–water partition coefficient (Wildman–Crippen LogP) is 2.28. The molecule has 1 N–H and O–H groups in total. The smallest absolute Gasteiger partial charge is 0.317 e. The van der Waals surface area contributed by atoms with Crippen LogP contribution in [0.25, 0.3) is 0 Å². The van der Waals surface area contributed by atoms with Gasteiger partial charge in [-0.05, 0) is 50.9 Å². The van der Waals surface area contributed by atoms with Gasteiger partial charge in [0.05, 0.1) is 12.1 Å². The molecule has 6 heteroatoms. The van der Waals surface area contributed by atoms with E-state index in [1.807, 2.05) is 26.1 Å². The molecule has 0 saturated carbocycles. The number of rotatable bonds is 7. The molecule has 1 aliphatic heterocycles. The number of nitrogens with zero attached hydrogens (tertiary/aromatic N) is 3. The summed E-state index contributed by atoms with van der Waals surface area (Å²) in [6.45, 7) is 5.58. The lowest BCUT2D eigenvalue weighted by molar-refractivity contribution is 0.0117. The number of nitrogens with one attached hydrogen (secondary N) is 1. The van der Waals surface area contributed by atoms with Crippen molar-refractivity contribution >= 4 is 6.03 Å². The maximum absolute atomic E-state index is 12.2. The minimum atomic E-state index is -0.0568. The number of carbonyl (C=O) groups excluding carboxylic acids is 1. The van der Waals surface area contributed by atoms with Crippen molar-refractivity contribution in [1.29, 1.82) is 0 Å². The standard InChI is InChI=1S/C18H30N4O2/c1-15(16-5-10-19-11-6-16)22(3)18(23)20-9-4-14-24-17-7-12-21(2)13-8-17/h5-6,10-11,15,17H,4,7-9,12-14H2,1-3H3,(H,20,23)/t15-/m0/s1. The zero-order valence-electron chi connectivity index (χ0n) is 15.1. The van der Waals surface area contributed by atoms with Crippen molar-refractivity contribution in [2.24, 2.45) is 0 Å². The van der Waals surface area contributed by atoms with E-state index in [0.717, 1.165) is 37.9 Å². The van der Waals surface area contributed by atoms with Crippen molar-refractivity contribution < 1.29 is 9.53 Å². The number of hydrogen-bond donors (Lipinski definition) is 1. The third kappa shape index (κ3) is 5.76. The van der Waals surface area contributed by atoms with E-state index in [2.05, 4.69) is 22.2 Å². The summed E-state index contributed by atoms with van der Waals surface area (Å²) >= 11 is 0. The van der Waals surface area contributed by atoms with E-state index < -0.39 is 0 Å². The van der Waals surface area contributed by atoms with Crippen LogP contribution in [0, 0.1) is 0 Å². The number of ether oxygens (including phenoxy) is 1. The Bertz CT molecular complexity index is 489. The molecule has 0 unspecified atom stereocenters. The fourth-order valence-corrected chi connectivity index (χ4v) is 2.84. The van der Waals surface area contributed by atoms with Gasteiger partial charge in [0.2, 0.25) is 0 Å². The van der Waals surface area contributed by atoms with Gasteiger partial charge in [-0.15, -0.1) is 0 Å². The van der Waals surface area contributed by atoms with Crippen LogP contribution < -0.4 is 5.32 Å². The lowest BCUT2D eigenvalue weighted by atomic mass is 10.1. The summed E-state index contributed by atoms with van der Waals surface area (Å²) in [6.07, 6.45) is 6.93. The van der Waals surface area contributed by atoms with Gasteiger partial charge in [-0.3, -0.25) is 4.98 Å². The molecule has 24 heavy (non-hydrogen) atoms. The first-order valence-electron chi connectivity index (χ1n) is 8.78. The molecule has 0 spiro atoms. The summed E-state index contributed by atoms with van der Waals surface area (Å²) in [6, 6.07) is 3.83. The lowest BCUT2D eigenvalue weighted by Crippen LogP contribution is -2.39. The van der Waals surface area contributed by atoms with Gasteiger partial charge in [0, 0.05) is 45.7 Å². The molecule has 2 amide bonds. The summed E-state index contributed by atoms with van der Waals surface area (Å²) in [7, 11) is 3.96. The monoisotopic (exact) mass is 334 g/mol. The number of hydrogen-bond acceptors (Lipinski definition) is 4. The minimum absolute atomic E-state index is 0.0171. The molecule has 1 aromatic heterocycles. The van der Waals surface area contributed by atoms with Gasteiger partial charge >= 0.3 is 6.03 Å². The molecule has 0 aliphatic carbocycles. The minimum Gasteiger partial charge on any atom is -0.378 e. The van der Waals surface area contributed by atoms with Crippen LogP contribution in [0.15, 0.2) is 24.5 Å². The van der Waals surface area contributed by atoms with Crippen LogP contribution in [-0.2, 0) is 4.74 Å². The Morgan fingerprint density at radius 1 is 1.42 bits per heavy atom. The highest BCUT2D eigenvalue weighted by Crippen LogP contribution is 2.17. The number of aromatic nitrogens is 1. The van der Waals surface area contributed by atoms with E-state index in [0.29, 0.717) is 19.3 Å². The summed E-state index contributed by atoms with van der Waals surface area (Å²) in [5.41, 5.74) is 1.08. The largest absolute Gasteiger partial charge is 0.378 e. The molecule has 1 saturated heterocycles. The molecule has 0 bridgehead atoms. The zero-order chi connectivity index (χ0) is 17.4. The molecule has 2 heterocycles. The molecule has 0 radical (unpaired) electrons. The Kier molecular flexibility index (Phi) is 7.46. The number of urea groups is 1. The van der Waals surface area contributed by atoms with E-state index in [1.165, 1.54) is 0 Å². The van der Waals surface area contributed by atoms with Crippen LogP contribution in [0.5, 0.6) is 0 Å². The maximum Gasteiger partial charge on any atom is 0.317 e. The number of carbonyl (C=O) groups is 1. The highest BCUT2D eigenvalue weighted by atomic mass is 16.5. The number of piperidine rings is 1. The van der Waals surface area contributed by atoms with Gasteiger partial charge in [0.15, 0.2) is 0 Å². The molecular weight excluding hydrogens is 304 g/mol. The highest BCUT2D eigenvalue weighted by Gasteiger charge is 2.18. The van der Waals surface area contributed by atoms with Gasteiger partial charge in [0.1, 0.15) is 0 Å². The van der Waals surface area contributed by atoms with Crippen molar-refractivity contribution in [3.63, 3.8) is 0 Å². The van der Waals surface area contributed by atoms with Crippen LogP contribution in [0.1, 0.15) is 37.8 Å². The normalized spacial score (nSPS) is 17.5. The average molecular weight is 334 g/mol. The second kappa shape index (κ2) is 9.59. The Labute approximate surface area is 145 Å². The molecule has 1 fully saturated rings. The summed E-state index contributed by atoms with van der Waals surface area (Å²) in [5.74, 6) is 0. The second-order valence-electron chi connectivity index (χ2n) is 6.53. The van der Waals surface area contributed by atoms with E-state index in [1.54, 1.807) is 17.3 Å². The first-order valence-corrected chi connectivity index (χ1v) is 8.78. The molecule has 1 atom stereocenters. The molecular formula is C18H30N4O2. The number of likely N-dealkylation sites (tertiary alicyclic amines) is 1. The van der Waals surface area contributed by atoms with Crippen molar-refractivity contribution in [3.05, 3.63) is 30.1 Å². The molecule has 2 rings (SSSR count). The highest BCUT2D eigenvalue weighted by molar-refractivity contribution is 5.74. The Balaban J connectivity index is 1.60. The second-order valence-corrected chi connectivity index (χ2v) is 6.53. The van der Waals surface area contributed by atoms with Crippen molar-refractivity contribution in [2.45, 2.75) is 38.3 Å². The van der Waals surface area contributed by atoms with Crippen molar-refractivity contribution in [2.75, 3.05) is 40.3 Å². The molecule has 1 aliphatic rings. The third-order valence-electron chi connectivity index (χ3n) is 4.71. The topological polar surface area (TPSA) is 57.7 Å². The van der Waals surface area contributed by atoms with Gasteiger partial charge in [0.25, 0.3) is 0 Å². The van der Waals surface area contributed by atoms with E-state index in [-0.39, 0.29) is 12.1 Å². The van der Waals surface area contributed by atoms with Gasteiger partial charge in [-0.25, -0.2) is 4.79 Å². The lowest BCUT2D eigenvalue weighted by Gasteiger charge is -2.29. The van der Waals surface area contributed by atoms with E-state index in [9.17, 15) is 4.79 Å². The molecule has 1 aromatic rings. The SMILES string of the molecule is C[C@@H](c1ccncc1)N(C)C(=O)NCCCOC1CCN(C)CC1. The van der Waals surface area contributed by atoms with Crippen molar-refractivity contribution in [1.82, 2.24) is 20.1 Å². The van der Waals surface area contributed by atoms with Crippen LogP contribution in [0.2, 0.25) is 0 Å².